The van der Waals surface area contributed by atoms with Crippen LogP contribution in [0, 0.1) is 12.3 Å². The quantitative estimate of drug-likeness (QED) is 0.801. The number of hydrogen-bond acceptors (Lipinski definition) is 4. The molecule has 0 saturated carbocycles. The fourth-order valence-corrected chi connectivity index (χ4v) is 4.65. The summed E-state index contributed by atoms with van der Waals surface area (Å²) in [5.74, 6) is -2.44. The maximum Gasteiger partial charge on any atom is 0.261 e. The average molecular weight is 389 g/mol. The molecule has 0 radical (unpaired) electrons. The molecule has 2 aliphatic rings. The summed E-state index contributed by atoms with van der Waals surface area (Å²) < 4.78 is 34.6. The molecule has 0 aliphatic carbocycles. The van der Waals surface area contributed by atoms with E-state index >= 15 is 0 Å². The molecular formula is C21H25F2N3O2. The molecule has 1 atom stereocenters. The Bertz CT molecular complexity index is 840. The van der Waals surface area contributed by atoms with Crippen LogP contribution in [-0.2, 0) is 17.9 Å². The third kappa shape index (κ3) is 3.94. The molecule has 7 heteroatoms. The van der Waals surface area contributed by atoms with E-state index < -0.39 is 11.3 Å². The highest BCUT2D eigenvalue weighted by molar-refractivity contribution is 5.84. The Hall–Kier alpha value is -2.28. The first-order chi connectivity index (χ1) is 13.4. The minimum atomic E-state index is -2.90. The van der Waals surface area contributed by atoms with Crippen LogP contribution in [0.5, 0.6) is 0 Å². The molecule has 4 rings (SSSR count). The van der Waals surface area contributed by atoms with Crippen LogP contribution < -0.4 is 0 Å². The highest BCUT2D eigenvalue weighted by atomic mass is 19.3. The average Bonchev–Trinajstić information content (AvgIpc) is 3.11. The molecule has 2 aromatic heterocycles. The zero-order chi connectivity index (χ0) is 19.8. The van der Waals surface area contributed by atoms with E-state index in [0.29, 0.717) is 31.8 Å². The zero-order valence-corrected chi connectivity index (χ0v) is 16.0. The van der Waals surface area contributed by atoms with Gasteiger partial charge in [0.25, 0.3) is 5.92 Å². The van der Waals surface area contributed by atoms with Crippen LogP contribution in [0.1, 0.15) is 36.4 Å². The van der Waals surface area contributed by atoms with Crippen molar-refractivity contribution in [2.24, 2.45) is 5.41 Å². The molecule has 2 aromatic rings. The van der Waals surface area contributed by atoms with E-state index in [9.17, 15) is 13.6 Å². The second-order valence-electron chi connectivity index (χ2n) is 8.14. The van der Waals surface area contributed by atoms with Gasteiger partial charge >= 0.3 is 0 Å². The van der Waals surface area contributed by atoms with Crippen LogP contribution in [0.2, 0.25) is 0 Å². The predicted molar refractivity (Wildman–Crippen MR) is 99.6 cm³/mol. The van der Waals surface area contributed by atoms with E-state index in [2.05, 4.69) is 4.98 Å². The lowest BCUT2D eigenvalue weighted by molar-refractivity contribution is -0.171. The van der Waals surface area contributed by atoms with Gasteiger partial charge in [-0.25, -0.2) is 8.78 Å². The number of aryl methyl sites for hydroxylation is 1. The summed E-state index contributed by atoms with van der Waals surface area (Å²) >= 11 is 0. The molecule has 2 fully saturated rings. The van der Waals surface area contributed by atoms with Gasteiger partial charge in [0.2, 0.25) is 5.91 Å². The summed E-state index contributed by atoms with van der Waals surface area (Å²) in [6, 6.07) is 9.20. The maximum atomic E-state index is 14.6. The molecule has 5 nitrogen and oxygen atoms in total. The van der Waals surface area contributed by atoms with Gasteiger partial charge in [-0.15, -0.1) is 0 Å². The number of rotatable bonds is 4. The van der Waals surface area contributed by atoms with Gasteiger partial charge in [-0.2, -0.15) is 0 Å². The number of furan rings is 1. The molecule has 1 amide bonds. The monoisotopic (exact) mass is 389 g/mol. The van der Waals surface area contributed by atoms with E-state index in [1.807, 2.05) is 25.1 Å². The van der Waals surface area contributed by atoms with Crippen molar-refractivity contribution in [2.45, 2.75) is 45.2 Å². The van der Waals surface area contributed by atoms with Gasteiger partial charge in [-0.05, 0) is 44.0 Å². The van der Waals surface area contributed by atoms with Crippen molar-refractivity contribution in [3.05, 3.63) is 53.7 Å². The lowest BCUT2D eigenvalue weighted by Crippen LogP contribution is -2.60. The number of pyridine rings is 1. The largest absolute Gasteiger partial charge is 0.468 e. The highest BCUT2D eigenvalue weighted by Gasteiger charge is 2.55. The molecule has 2 saturated heterocycles. The van der Waals surface area contributed by atoms with Crippen molar-refractivity contribution in [3.63, 3.8) is 0 Å². The van der Waals surface area contributed by atoms with Crippen LogP contribution in [0.25, 0.3) is 0 Å². The number of amides is 1. The van der Waals surface area contributed by atoms with Crippen molar-refractivity contribution in [2.75, 3.05) is 19.6 Å². The molecule has 0 aromatic carbocycles. The molecule has 0 unspecified atom stereocenters. The SMILES string of the molecule is Cc1cccc(CN2CCC[C@]3(CN(Cc4ccco4)CC(F)(F)C3)C2=O)n1. The van der Waals surface area contributed by atoms with Crippen molar-refractivity contribution in [1.82, 2.24) is 14.8 Å². The summed E-state index contributed by atoms with van der Waals surface area (Å²) in [5.41, 5.74) is 0.627. The molecule has 150 valence electrons. The Morgan fingerprint density at radius 3 is 2.79 bits per heavy atom. The molecule has 0 N–H and O–H groups in total. The third-order valence-corrected chi connectivity index (χ3v) is 5.66. The number of carbonyl (C=O) groups is 1. The summed E-state index contributed by atoms with van der Waals surface area (Å²) in [6.45, 7) is 3.13. The number of nitrogens with zero attached hydrogens (tertiary/aromatic N) is 3. The number of halogens is 2. The maximum absolute atomic E-state index is 14.6. The molecule has 4 heterocycles. The van der Waals surface area contributed by atoms with Crippen LogP contribution >= 0.6 is 0 Å². The topological polar surface area (TPSA) is 49.6 Å². The van der Waals surface area contributed by atoms with E-state index in [0.717, 1.165) is 17.8 Å². The van der Waals surface area contributed by atoms with Gasteiger partial charge in [0.15, 0.2) is 0 Å². The third-order valence-electron chi connectivity index (χ3n) is 5.66. The standard InChI is InChI=1S/C21H25F2N3O2/c1-16-5-2-6-17(24-16)11-26-9-4-8-20(19(26)27)13-21(22,23)15-25(14-20)12-18-7-3-10-28-18/h2-3,5-7,10H,4,8-9,11-15H2,1H3/t20-/m0/s1. The fourth-order valence-electron chi connectivity index (χ4n) is 4.65. The summed E-state index contributed by atoms with van der Waals surface area (Å²) in [7, 11) is 0. The van der Waals surface area contributed by atoms with Crippen LogP contribution in [-0.4, -0.2) is 46.2 Å². The van der Waals surface area contributed by atoms with Gasteiger partial charge in [-0.3, -0.25) is 14.7 Å². The van der Waals surface area contributed by atoms with Gasteiger partial charge in [0, 0.05) is 25.2 Å². The Morgan fingerprint density at radius 1 is 1.18 bits per heavy atom. The van der Waals surface area contributed by atoms with Gasteiger partial charge < -0.3 is 9.32 Å². The van der Waals surface area contributed by atoms with Crippen LogP contribution in [0.15, 0.2) is 41.0 Å². The number of carbonyl (C=O) groups excluding carboxylic acids is 1. The number of hydrogen-bond donors (Lipinski definition) is 0. The predicted octanol–water partition coefficient (Wildman–Crippen LogP) is 3.63. The second kappa shape index (κ2) is 7.28. The van der Waals surface area contributed by atoms with Gasteiger partial charge in [-0.1, -0.05) is 6.07 Å². The number of likely N-dealkylation sites (tertiary alicyclic amines) is 2. The molecular weight excluding hydrogens is 364 g/mol. The lowest BCUT2D eigenvalue weighted by atomic mass is 9.71. The first-order valence-corrected chi connectivity index (χ1v) is 9.70. The molecule has 1 spiro atoms. The van der Waals surface area contributed by atoms with Gasteiger partial charge in [0.05, 0.1) is 37.0 Å². The number of piperidine rings is 2. The highest BCUT2D eigenvalue weighted by Crippen LogP contribution is 2.45. The molecule has 28 heavy (non-hydrogen) atoms. The first kappa shape index (κ1) is 19.1. The Morgan fingerprint density at radius 2 is 2.04 bits per heavy atom. The normalized spacial score (nSPS) is 25.4. The van der Waals surface area contributed by atoms with E-state index in [1.165, 1.54) is 6.26 Å². The van der Waals surface area contributed by atoms with E-state index in [4.69, 9.17) is 4.42 Å². The van der Waals surface area contributed by atoms with Crippen molar-refractivity contribution in [3.8, 4) is 0 Å². The first-order valence-electron chi connectivity index (χ1n) is 9.70. The molecule has 2 aliphatic heterocycles. The number of alkyl halides is 2. The minimum absolute atomic E-state index is 0.175. The van der Waals surface area contributed by atoms with Crippen LogP contribution in [0.3, 0.4) is 0 Å². The molecule has 0 bridgehead atoms. The summed E-state index contributed by atoms with van der Waals surface area (Å²) in [5, 5.41) is 0. The Labute approximate surface area is 163 Å². The smallest absolute Gasteiger partial charge is 0.261 e. The number of aromatic nitrogens is 1. The van der Waals surface area contributed by atoms with E-state index in [-0.39, 0.29) is 25.4 Å². The Kier molecular flexibility index (Phi) is 4.95. The summed E-state index contributed by atoms with van der Waals surface area (Å²) in [6.07, 6.45) is 2.37. The lowest BCUT2D eigenvalue weighted by Gasteiger charge is -2.49. The van der Waals surface area contributed by atoms with Gasteiger partial charge in [0.1, 0.15) is 5.76 Å². The Balaban J connectivity index is 1.54. The fraction of sp³-hybridized carbons (Fsp3) is 0.524. The van der Waals surface area contributed by atoms with Crippen molar-refractivity contribution >= 4 is 5.91 Å². The minimum Gasteiger partial charge on any atom is -0.468 e. The zero-order valence-electron chi connectivity index (χ0n) is 16.0. The van der Waals surface area contributed by atoms with E-state index in [1.54, 1.807) is 21.9 Å². The summed E-state index contributed by atoms with van der Waals surface area (Å²) in [4.78, 5) is 21.2. The van der Waals surface area contributed by atoms with Crippen molar-refractivity contribution in [1.29, 1.82) is 0 Å². The van der Waals surface area contributed by atoms with Crippen molar-refractivity contribution < 1.29 is 18.0 Å². The second-order valence-corrected chi connectivity index (χ2v) is 8.14. The van der Waals surface area contributed by atoms with Crippen LogP contribution in [0.4, 0.5) is 8.78 Å².